The van der Waals surface area contributed by atoms with Crippen LogP contribution in [0.25, 0.3) is 0 Å². The minimum absolute atomic E-state index is 0.325. The van der Waals surface area contributed by atoms with E-state index in [1.54, 1.807) is 13.4 Å². The van der Waals surface area contributed by atoms with Gasteiger partial charge in [-0.3, -0.25) is 0 Å². The second-order valence-electron chi connectivity index (χ2n) is 4.82. The van der Waals surface area contributed by atoms with Crippen LogP contribution in [0, 0.1) is 0 Å². The van der Waals surface area contributed by atoms with Crippen molar-refractivity contribution in [2.45, 2.75) is 6.10 Å². The first kappa shape index (κ1) is 15.3. The molecular formula is C13H22N4O2S. The Labute approximate surface area is 124 Å². The first-order valence-corrected chi connectivity index (χ1v) is 7.89. The summed E-state index contributed by atoms with van der Waals surface area (Å²) in [6.07, 6.45) is 1.07. The molecular weight excluding hydrogens is 276 g/mol. The number of aliphatic hydroxyl groups is 1. The highest BCUT2D eigenvalue weighted by atomic mass is 32.2. The van der Waals surface area contributed by atoms with Crippen LogP contribution in [-0.2, 0) is 4.74 Å². The van der Waals surface area contributed by atoms with E-state index < -0.39 is 6.10 Å². The Hall–Kier alpha value is -1.05. The van der Waals surface area contributed by atoms with Crippen LogP contribution >= 0.6 is 11.8 Å². The van der Waals surface area contributed by atoms with Crippen molar-refractivity contribution in [1.29, 1.82) is 0 Å². The summed E-state index contributed by atoms with van der Waals surface area (Å²) < 4.78 is 4.94. The van der Waals surface area contributed by atoms with Crippen LogP contribution in [0.1, 0.15) is 0 Å². The Morgan fingerprint density at radius 2 is 2.20 bits per heavy atom. The van der Waals surface area contributed by atoms with E-state index in [-0.39, 0.29) is 0 Å². The molecule has 7 heteroatoms. The Morgan fingerprint density at radius 3 is 2.90 bits per heavy atom. The molecule has 0 aromatic carbocycles. The Balaban J connectivity index is 2.00. The van der Waals surface area contributed by atoms with Crippen molar-refractivity contribution in [1.82, 2.24) is 9.97 Å². The zero-order valence-corrected chi connectivity index (χ0v) is 12.8. The summed E-state index contributed by atoms with van der Waals surface area (Å²) in [5.41, 5.74) is 0. The van der Waals surface area contributed by atoms with E-state index >= 15 is 0 Å². The van der Waals surface area contributed by atoms with E-state index in [0.29, 0.717) is 13.2 Å². The van der Waals surface area contributed by atoms with Crippen LogP contribution in [0.3, 0.4) is 0 Å². The highest BCUT2D eigenvalue weighted by molar-refractivity contribution is 7.99. The highest BCUT2D eigenvalue weighted by Gasteiger charge is 2.15. The lowest BCUT2D eigenvalue weighted by molar-refractivity contribution is 0.0694. The fourth-order valence-corrected chi connectivity index (χ4v) is 3.07. The molecule has 0 saturated carbocycles. The van der Waals surface area contributed by atoms with Gasteiger partial charge in [-0.2, -0.15) is 11.8 Å². The van der Waals surface area contributed by atoms with Crippen LogP contribution < -0.4 is 9.80 Å². The molecule has 2 heterocycles. The zero-order chi connectivity index (χ0) is 14.4. The number of nitrogens with zero attached hydrogens (tertiary/aromatic N) is 4. The third kappa shape index (κ3) is 4.22. The monoisotopic (exact) mass is 298 g/mol. The molecule has 1 unspecified atom stereocenters. The maximum atomic E-state index is 9.78. The topological polar surface area (TPSA) is 61.7 Å². The van der Waals surface area contributed by atoms with E-state index in [1.165, 1.54) is 0 Å². The molecule has 0 amide bonds. The molecule has 1 aromatic rings. The quantitative estimate of drug-likeness (QED) is 0.819. The molecule has 20 heavy (non-hydrogen) atoms. The number of rotatable bonds is 6. The highest BCUT2D eigenvalue weighted by Crippen LogP contribution is 2.20. The molecule has 0 bridgehead atoms. The lowest BCUT2D eigenvalue weighted by Gasteiger charge is -2.28. The molecule has 1 fully saturated rings. The number of anilines is 2. The molecule has 1 atom stereocenters. The number of aromatic nitrogens is 2. The predicted molar refractivity (Wildman–Crippen MR) is 82.7 cm³/mol. The zero-order valence-electron chi connectivity index (χ0n) is 12.0. The standard InChI is InChI=1S/C13H22N4O2S/c1-16(8-11(18)9-19-2)12-7-13(15-10-14-12)17-3-5-20-6-4-17/h7,10-11,18H,3-6,8-9H2,1-2H3. The van der Waals surface area contributed by atoms with Gasteiger partial charge in [-0.25, -0.2) is 9.97 Å². The maximum absolute atomic E-state index is 9.78. The van der Waals surface area contributed by atoms with Crippen LogP contribution in [-0.4, -0.2) is 73.1 Å². The van der Waals surface area contributed by atoms with Gasteiger partial charge >= 0.3 is 0 Å². The van der Waals surface area contributed by atoms with E-state index in [0.717, 1.165) is 36.2 Å². The predicted octanol–water partition coefficient (Wildman–Crippen LogP) is 0.473. The Kier molecular flexibility index (Phi) is 5.87. The molecule has 1 saturated heterocycles. The van der Waals surface area contributed by atoms with Gasteiger partial charge in [0.15, 0.2) is 0 Å². The maximum Gasteiger partial charge on any atom is 0.134 e. The molecule has 6 nitrogen and oxygen atoms in total. The summed E-state index contributed by atoms with van der Waals surface area (Å²) >= 11 is 1.98. The summed E-state index contributed by atoms with van der Waals surface area (Å²) in [5.74, 6) is 4.07. The van der Waals surface area contributed by atoms with Gasteiger partial charge in [0, 0.05) is 51.4 Å². The summed E-state index contributed by atoms with van der Waals surface area (Å²) in [4.78, 5) is 12.8. The average Bonchev–Trinajstić information content (AvgIpc) is 2.48. The number of hydrogen-bond acceptors (Lipinski definition) is 7. The third-order valence-electron chi connectivity index (χ3n) is 3.21. The second kappa shape index (κ2) is 7.66. The SMILES string of the molecule is COCC(O)CN(C)c1cc(N2CCSCC2)ncn1. The largest absolute Gasteiger partial charge is 0.389 e. The van der Waals surface area contributed by atoms with Gasteiger partial charge in [-0.05, 0) is 0 Å². The number of thioether (sulfide) groups is 1. The molecule has 112 valence electrons. The fraction of sp³-hybridized carbons (Fsp3) is 0.692. The summed E-state index contributed by atoms with van der Waals surface area (Å²) in [5, 5.41) is 9.78. The van der Waals surface area contributed by atoms with Crippen molar-refractivity contribution in [3.05, 3.63) is 12.4 Å². The van der Waals surface area contributed by atoms with Gasteiger partial charge in [0.05, 0.1) is 12.7 Å². The molecule has 1 N–H and O–H groups in total. The number of hydrogen-bond donors (Lipinski definition) is 1. The first-order chi connectivity index (χ1) is 9.70. The summed E-state index contributed by atoms with van der Waals surface area (Å²) in [6, 6.07) is 1.98. The van der Waals surface area contributed by atoms with Crippen molar-refractivity contribution < 1.29 is 9.84 Å². The number of aliphatic hydroxyl groups excluding tert-OH is 1. The normalized spacial score (nSPS) is 17.1. The van der Waals surface area contributed by atoms with Crippen LogP contribution in [0.2, 0.25) is 0 Å². The molecule has 0 spiro atoms. The van der Waals surface area contributed by atoms with Gasteiger partial charge in [0.1, 0.15) is 18.0 Å². The van der Waals surface area contributed by atoms with Crippen molar-refractivity contribution >= 4 is 23.4 Å². The Morgan fingerprint density at radius 1 is 1.45 bits per heavy atom. The average molecular weight is 298 g/mol. The van der Waals surface area contributed by atoms with Gasteiger partial charge in [-0.15, -0.1) is 0 Å². The minimum atomic E-state index is -0.519. The van der Waals surface area contributed by atoms with Crippen molar-refractivity contribution in [3.8, 4) is 0 Å². The third-order valence-corrected chi connectivity index (χ3v) is 4.15. The van der Waals surface area contributed by atoms with E-state index in [4.69, 9.17) is 4.74 Å². The molecule has 1 aliphatic heterocycles. The molecule has 2 rings (SSSR count). The molecule has 0 radical (unpaired) electrons. The summed E-state index contributed by atoms with van der Waals surface area (Å²) in [7, 11) is 3.50. The fourth-order valence-electron chi connectivity index (χ4n) is 2.17. The minimum Gasteiger partial charge on any atom is -0.389 e. The van der Waals surface area contributed by atoms with Crippen molar-refractivity contribution in [3.63, 3.8) is 0 Å². The summed E-state index contributed by atoms with van der Waals surface area (Å²) in [6.45, 7) is 2.86. The van der Waals surface area contributed by atoms with Crippen molar-refractivity contribution in [2.24, 2.45) is 0 Å². The number of likely N-dealkylation sites (N-methyl/N-ethyl adjacent to an activating group) is 1. The lowest BCUT2D eigenvalue weighted by Crippen LogP contribution is -2.34. The van der Waals surface area contributed by atoms with E-state index in [9.17, 15) is 5.11 Å². The second-order valence-corrected chi connectivity index (χ2v) is 6.05. The number of methoxy groups -OCH3 is 1. The Bertz CT molecular complexity index is 415. The van der Waals surface area contributed by atoms with E-state index in [1.807, 2.05) is 29.8 Å². The van der Waals surface area contributed by atoms with Gasteiger partial charge < -0.3 is 19.6 Å². The first-order valence-electron chi connectivity index (χ1n) is 6.73. The van der Waals surface area contributed by atoms with E-state index in [2.05, 4.69) is 14.9 Å². The van der Waals surface area contributed by atoms with Gasteiger partial charge in [-0.1, -0.05) is 0 Å². The van der Waals surface area contributed by atoms with Crippen LogP contribution in [0.4, 0.5) is 11.6 Å². The van der Waals surface area contributed by atoms with Crippen molar-refractivity contribution in [2.75, 3.05) is 61.7 Å². The lowest BCUT2D eigenvalue weighted by atomic mass is 10.3. The number of ether oxygens (including phenoxy) is 1. The van der Waals surface area contributed by atoms with Gasteiger partial charge in [0.2, 0.25) is 0 Å². The molecule has 0 aliphatic carbocycles. The molecule has 1 aromatic heterocycles. The van der Waals surface area contributed by atoms with Crippen LogP contribution in [0.5, 0.6) is 0 Å². The molecule has 1 aliphatic rings. The van der Waals surface area contributed by atoms with Crippen LogP contribution in [0.15, 0.2) is 12.4 Å². The smallest absolute Gasteiger partial charge is 0.134 e. The van der Waals surface area contributed by atoms with Gasteiger partial charge in [0.25, 0.3) is 0 Å².